The first kappa shape index (κ1) is 41.6. The molecule has 0 spiro atoms. The van der Waals surface area contributed by atoms with Crippen LogP contribution in [0.2, 0.25) is 36.8 Å². The first-order valence-corrected chi connectivity index (χ1v) is 25.8. The monoisotopic (exact) mass is 787 g/mol. The predicted molar refractivity (Wildman–Crippen MR) is 210 cm³/mol. The van der Waals surface area contributed by atoms with Gasteiger partial charge in [-0.25, -0.2) is 8.78 Å². The van der Waals surface area contributed by atoms with E-state index in [2.05, 4.69) is 60.8 Å². The second kappa shape index (κ2) is 14.1. The highest BCUT2D eigenvalue weighted by atomic mass is 28.4. The van der Waals surface area contributed by atoms with Crippen molar-refractivity contribution in [3.05, 3.63) is 53.6 Å². The second-order valence-corrected chi connectivity index (χ2v) is 29.0. The van der Waals surface area contributed by atoms with Crippen LogP contribution < -0.4 is 4.74 Å². The summed E-state index contributed by atoms with van der Waals surface area (Å²) in [6.07, 6.45) is 1.10. The van der Waals surface area contributed by atoms with E-state index >= 15 is 8.78 Å². The normalized spacial score (nSPS) is 36.8. The molecule has 6 rings (SSSR count). The van der Waals surface area contributed by atoms with Crippen molar-refractivity contribution in [2.24, 2.45) is 28.6 Å². The van der Waals surface area contributed by atoms with E-state index in [0.29, 0.717) is 38.3 Å². The van der Waals surface area contributed by atoms with Crippen molar-refractivity contribution in [2.45, 2.75) is 135 Å². The standard InChI is InChI=1S/C42H63F2NO7Si2/c1-27(2)53(8,9)50-19-18-49-31-14-12-28(13-15-31)24-45-25-29-20-32-33-22-35(43)34-21-30(46)16-17-39(34,6)41(33,44)36(47)23-40(32,7)42(29,52-45)37(48)26-51-54(10,11)38(3,4)5/h12-17,21,27,29,32-33,35-36,47H,18-20,22-26H2,1-11H3/t29-,32-,33-,35-,36-,39-,40-,41-,42-/m0/s1. The molecule has 0 amide bonds. The quantitative estimate of drug-likeness (QED) is 0.167. The van der Waals surface area contributed by atoms with Gasteiger partial charge in [0, 0.05) is 35.8 Å². The minimum atomic E-state index is -2.35. The molecule has 1 heterocycles. The molecule has 1 aliphatic heterocycles. The number of alkyl halides is 2. The van der Waals surface area contributed by atoms with Crippen LogP contribution in [0.15, 0.2) is 48.1 Å². The van der Waals surface area contributed by atoms with Gasteiger partial charge in [-0.3, -0.25) is 14.4 Å². The summed E-state index contributed by atoms with van der Waals surface area (Å²) in [5.41, 5.74) is -4.57. The largest absolute Gasteiger partial charge is 0.491 e. The van der Waals surface area contributed by atoms with Gasteiger partial charge in [0.05, 0.1) is 19.3 Å². The molecule has 8 nitrogen and oxygen atoms in total. The maximum Gasteiger partial charge on any atom is 0.192 e. The van der Waals surface area contributed by atoms with Crippen LogP contribution in [0.3, 0.4) is 0 Å². The number of ether oxygens (including phenoxy) is 1. The number of carbonyl (C=O) groups excluding carboxylic acids is 2. The zero-order valence-electron chi connectivity index (χ0n) is 34.3. The van der Waals surface area contributed by atoms with Gasteiger partial charge in [-0.1, -0.05) is 59.8 Å². The molecule has 0 unspecified atom stereocenters. The molecule has 0 radical (unpaired) electrons. The number of carbonyl (C=O) groups is 2. The van der Waals surface area contributed by atoms with Gasteiger partial charge in [0.25, 0.3) is 0 Å². The number of nitrogens with zero attached hydrogens (tertiary/aromatic N) is 1. The Labute approximate surface area is 323 Å². The second-order valence-electron chi connectivity index (χ2n) is 19.5. The van der Waals surface area contributed by atoms with E-state index in [4.69, 9.17) is 18.4 Å². The van der Waals surface area contributed by atoms with Gasteiger partial charge in [0.2, 0.25) is 0 Å². The lowest BCUT2D eigenvalue weighted by molar-refractivity contribution is -0.269. The zero-order valence-corrected chi connectivity index (χ0v) is 36.3. The van der Waals surface area contributed by atoms with E-state index in [1.807, 2.05) is 36.3 Å². The topological polar surface area (TPSA) is 94.5 Å². The van der Waals surface area contributed by atoms with Crippen LogP contribution in [0, 0.1) is 28.6 Å². The lowest BCUT2D eigenvalue weighted by atomic mass is 9.44. The first-order chi connectivity index (χ1) is 24.9. The molecule has 1 saturated heterocycles. The average Bonchev–Trinajstić information content (AvgIpc) is 3.56. The fourth-order valence-corrected chi connectivity index (χ4v) is 11.9. The van der Waals surface area contributed by atoms with Crippen LogP contribution in [0.1, 0.15) is 73.3 Å². The third-order valence-electron chi connectivity index (χ3n) is 15.0. The number of hydrogen-bond acceptors (Lipinski definition) is 8. The van der Waals surface area contributed by atoms with Gasteiger partial charge in [0.15, 0.2) is 39.5 Å². The molecule has 4 aliphatic carbocycles. The Morgan fingerprint density at radius 2 is 1.72 bits per heavy atom. The Morgan fingerprint density at radius 3 is 2.35 bits per heavy atom. The van der Waals surface area contributed by atoms with Crippen LogP contribution in [0.4, 0.5) is 8.78 Å². The van der Waals surface area contributed by atoms with Crippen molar-refractivity contribution in [1.82, 2.24) is 5.06 Å². The molecule has 300 valence electrons. The summed E-state index contributed by atoms with van der Waals surface area (Å²) in [7, 11) is -4.09. The number of hydrogen-bond donors (Lipinski definition) is 1. The fraction of sp³-hybridized carbons (Fsp3) is 0.714. The number of benzene rings is 1. The van der Waals surface area contributed by atoms with E-state index < -0.39 is 62.8 Å². The van der Waals surface area contributed by atoms with E-state index in [1.54, 1.807) is 6.92 Å². The Bertz CT molecular complexity index is 1680. The maximum atomic E-state index is 18.0. The summed E-state index contributed by atoms with van der Waals surface area (Å²) < 4.78 is 52.8. The van der Waals surface area contributed by atoms with E-state index in [-0.39, 0.29) is 47.5 Å². The lowest BCUT2D eigenvalue weighted by Crippen LogP contribution is -2.70. The van der Waals surface area contributed by atoms with Crippen LogP contribution in [0.25, 0.3) is 0 Å². The number of aliphatic hydroxyl groups excluding tert-OH is 1. The third kappa shape index (κ3) is 6.57. The number of Topliss-reactive ketones (excluding diaryl/α,β-unsaturated/α-hetero) is 1. The molecule has 4 fully saturated rings. The number of aliphatic hydroxyl groups is 1. The van der Waals surface area contributed by atoms with Crippen LogP contribution in [-0.2, 0) is 29.8 Å². The molecule has 1 aromatic carbocycles. The maximum absolute atomic E-state index is 18.0. The van der Waals surface area contributed by atoms with Crippen molar-refractivity contribution in [3.63, 3.8) is 0 Å². The Kier molecular flexibility index (Phi) is 10.8. The van der Waals surface area contributed by atoms with Gasteiger partial charge >= 0.3 is 0 Å². The summed E-state index contributed by atoms with van der Waals surface area (Å²) in [6, 6.07) is 7.82. The highest BCUT2D eigenvalue weighted by Gasteiger charge is 2.79. The average molecular weight is 788 g/mol. The number of fused-ring (bicyclic) bond motifs is 7. The van der Waals surface area contributed by atoms with Crippen molar-refractivity contribution >= 4 is 28.2 Å². The van der Waals surface area contributed by atoms with Crippen molar-refractivity contribution in [3.8, 4) is 5.75 Å². The Hall–Kier alpha value is -2.07. The van der Waals surface area contributed by atoms with Gasteiger partial charge in [-0.05, 0) is 104 Å². The number of ketones is 2. The van der Waals surface area contributed by atoms with Gasteiger partial charge in [0.1, 0.15) is 18.5 Å². The minimum Gasteiger partial charge on any atom is -0.491 e. The Balaban J connectivity index is 1.26. The van der Waals surface area contributed by atoms with Crippen molar-refractivity contribution in [1.29, 1.82) is 0 Å². The summed E-state index contributed by atoms with van der Waals surface area (Å²) in [5, 5.41) is 13.7. The molecule has 0 bridgehead atoms. The number of halogens is 2. The van der Waals surface area contributed by atoms with Crippen LogP contribution in [-0.4, -0.2) is 88.3 Å². The van der Waals surface area contributed by atoms with Crippen LogP contribution >= 0.6 is 0 Å². The molecular formula is C42H63F2NO7Si2. The minimum absolute atomic E-state index is 0.0466. The number of rotatable bonds is 12. The predicted octanol–water partition coefficient (Wildman–Crippen LogP) is 8.32. The third-order valence-corrected chi connectivity index (χ3v) is 23.2. The number of allylic oxidation sites excluding steroid dienone is 4. The molecule has 1 aromatic rings. The van der Waals surface area contributed by atoms with Gasteiger partial charge in [-0.2, -0.15) is 5.06 Å². The van der Waals surface area contributed by atoms with Crippen LogP contribution in [0.5, 0.6) is 5.75 Å². The Morgan fingerprint density at radius 1 is 1.06 bits per heavy atom. The fourth-order valence-electron chi connectivity index (χ4n) is 10.0. The summed E-state index contributed by atoms with van der Waals surface area (Å²) >= 11 is 0. The summed E-state index contributed by atoms with van der Waals surface area (Å²) in [6.45, 7) is 24.6. The molecule has 9 atom stereocenters. The van der Waals surface area contributed by atoms with E-state index in [1.165, 1.54) is 18.2 Å². The molecule has 5 aliphatic rings. The molecule has 3 saturated carbocycles. The molecule has 1 N–H and O–H groups in total. The van der Waals surface area contributed by atoms with Crippen molar-refractivity contribution in [2.75, 3.05) is 26.4 Å². The lowest BCUT2D eigenvalue weighted by Gasteiger charge is -2.63. The highest BCUT2D eigenvalue weighted by Crippen LogP contribution is 2.72. The highest BCUT2D eigenvalue weighted by molar-refractivity contribution is 6.74. The van der Waals surface area contributed by atoms with E-state index in [9.17, 15) is 14.7 Å². The molecule has 54 heavy (non-hydrogen) atoms. The van der Waals surface area contributed by atoms with Gasteiger partial charge < -0.3 is 18.7 Å². The molecular weight excluding hydrogens is 725 g/mol. The first-order valence-electron chi connectivity index (χ1n) is 19.9. The summed E-state index contributed by atoms with van der Waals surface area (Å²) in [5.74, 6) is -1.52. The molecule has 0 aromatic heterocycles. The summed E-state index contributed by atoms with van der Waals surface area (Å²) in [4.78, 5) is 34.2. The molecule has 12 heteroatoms. The zero-order chi connectivity index (χ0) is 39.9. The van der Waals surface area contributed by atoms with E-state index in [0.717, 1.165) is 11.3 Å². The van der Waals surface area contributed by atoms with Crippen molar-refractivity contribution < 1.29 is 41.9 Å². The number of hydroxylamine groups is 2. The SMILES string of the molecule is CC(C)[Si](C)(C)OCCOc1ccc(CN2C[C@@H]3C[C@H]4[C@@H]5C[C@H](F)C6=CC(=O)C=C[C@]6(C)[C@@]5(F)[C@@H](O)C[C@]4(C)[C@]3(C(=O)CO[Si](C)(C)C(C)(C)C)O2)cc1. The van der Waals surface area contributed by atoms with Gasteiger partial charge in [-0.15, -0.1) is 0 Å². The smallest absolute Gasteiger partial charge is 0.192 e.